The number of hydrogen-bond acceptors (Lipinski definition) is 5. The second kappa shape index (κ2) is 7.63. The van der Waals surface area contributed by atoms with Crippen LogP contribution in [0.4, 0.5) is 5.69 Å². The summed E-state index contributed by atoms with van der Waals surface area (Å²) in [6.45, 7) is 4.02. The Morgan fingerprint density at radius 3 is 2.60 bits per heavy atom. The molecule has 1 aromatic carbocycles. The summed E-state index contributed by atoms with van der Waals surface area (Å²) in [6, 6.07) is 8.96. The van der Waals surface area contributed by atoms with Gasteiger partial charge < -0.3 is 20.0 Å². The van der Waals surface area contributed by atoms with E-state index in [0.29, 0.717) is 42.3 Å². The van der Waals surface area contributed by atoms with Crippen molar-refractivity contribution in [2.24, 2.45) is 0 Å². The average molecular weight is 429 g/mol. The Hall–Kier alpha value is -2.51. The van der Waals surface area contributed by atoms with E-state index in [1.165, 1.54) is 12.8 Å². The first-order valence-electron chi connectivity index (χ1n) is 10.5. The monoisotopic (exact) mass is 428 g/mol. The van der Waals surface area contributed by atoms with Gasteiger partial charge in [-0.3, -0.25) is 14.5 Å². The number of halogens is 1. The summed E-state index contributed by atoms with van der Waals surface area (Å²) < 4.78 is 5.84. The van der Waals surface area contributed by atoms with Crippen molar-refractivity contribution in [3.63, 3.8) is 0 Å². The van der Waals surface area contributed by atoms with E-state index in [4.69, 9.17) is 16.0 Å². The van der Waals surface area contributed by atoms with Crippen LogP contribution in [0.5, 0.6) is 0 Å². The van der Waals surface area contributed by atoms with E-state index in [0.717, 1.165) is 31.1 Å². The van der Waals surface area contributed by atoms with Gasteiger partial charge in [0.25, 0.3) is 11.8 Å². The summed E-state index contributed by atoms with van der Waals surface area (Å²) in [5.74, 6) is 1.00. The molecule has 3 aliphatic rings. The number of carbonyl (C=O) groups excluding carboxylic acids is 2. The van der Waals surface area contributed by atoms with Crippen LogP contribution >= 0.6 is 11.6 Å². The van der Waals surface area contributed by atoms with Crippen molar-refractivity contribution in [1.82, 2.24) is 15.1 Å². The van der Waals surface area contributed by atoms with Gasteiger partial charge in [0.1, 0.15) is 11.4 Å². The molecule has 0 unspecified atom stereocenters. The number of fused-ring (bicyclic) bond motifs is 1. The number of carbonyl (C=O) groups is 2. The van der Waals surface area contributed by atoms with Gasteiger partial charge in [0.2, 0.25) is 0 Å². The molecule has 2 fully saturated rings. The highest BCUT2D eigenvalue weighted by molar-refractivity contribution is 6.31. The van der Waals surface area contributed by atoms with Gasteiger partial charge in [-0.1, -0.05) is 11.6 Å². The van der Waals surface area contributed by atoms with Crippen LogP contribution in [0.1, 0.15) is 52.4 Å². The molecule has 7 nitrogen and oxygen atoms in total. The smallest absolute Gasteiger partial charge is 0.289 e. The Morgan fingerprint density at radius 1 is 1.07 bits per heavy atom. The zero-order chi connectivity index (χ0) is 20.7. The second-order valence-electron chi connectivity index (χ2n) is 8.39. The molecule has 2 saturated heterocycles. The Morgan fingerprint density at radius 2 is 1.83 bits per heavy atom. The van der Waals surface area contributed by atoms with E-state index in [9.17, 15) is 9.59 Å². The third-order valence-corrected chi connectivity index (χ3v) is 6.54. The number of hydrogen-bond donors (Lipinski definition) is 2. The fraction of sp³-hybridized carbons (Fsp3) is 0.455. The Bertz CT molecular complexity index is 975. The molecule has 0 saturated carbocycles. The lowest BCUT2D eigenvalue weighted by Crippen LogP contribution is -2.62. The number of likely N-dealkylation sites (tertiary alicyclic amines) is 2. The molecule has 0 atom stereocenters. The van der Waals surface area contributed by atoms with Crippen molar-refractivity contribution < 1.29 is 14.0 Å². The number of nitrogens with zero attached hydrogens (tertiary/aromatic N) is 2. The lowest BCUT2D eigenvalue weighted by atomic mass is 9.92. The molecule has 0 aliphatic carbocycles. The van der Waals surface area contributed by atoms with Crippen molar-refractivity contribution in [1.29, 1.82) is 0 Å². The van der Waals surface area contributed by atoms with Gasteiger partial charge >= 0.3 is 0 Å². The predicted molar refractivity (Wildman–Crippen MR) is 114 cm³/mol. The summed E-state index contributed by atoms with van der Waals surface area (Å²) in [7, 11) is 0. The van der Waals surface area contributed by atoms with Crippen LogP contribution in [-0.2, 0) is 6.54 Å². The van der Waals surface area contributed by atoms with Gasteiger partial charge in [0.05, 0.1) is 12.1 Å². The van der Waals surface area contributed by atoms with Crippen LogP contribution in [-0.4, -0.2) is 53.5 Å². The number of furan rings is 1. The predicted octanol–water partition coefficient (Wildman–Crippen LogP) is 3.32. The van der Waals surface area contributed by atoms with E-state index in [2.05, 4.69) is 15.5 Å². The zero-order valence-electron chi connectivity index (χ0n) is 16.7. The maximum Gasteiger partial charge on any atom is 0.289 e. The summed E-state index contributed by atoms with van der Waals surface area (Å²) >= 11 is 6.02. The topological polar surface area (TPSA) is 77.8 Å². The normalized spacial score (nSPS) is 20.7. The van der Waals surface area contributed by atoms with Crippen LogP contribution in [0, 0.1) is 0 Å². The maximum absolute atomic E-state index is 12.9. The molecule has 4 heterocycles. The minimum atomic E-state index is -0.543. The highest BCUT2D eigenvalue weighted by atomic mass is 35.5. The van der Waals surface area contributed by atoms with Crippen LogP contribution in [0.25, 0.3) is 0 Å². The molecule has 1 spiro atoms. The molecule has 3 aliphatic heterocycles. The minimum Gasteiger partial charge on any atom is -0.455 e. The Kier molecular flexibility index (Phi) is 4.95. The first-order valence-corrected chi connectivity index (χ1v) is 10.9. The largest absolute Gasteiger partial charge is 0.455 e. The van der Waals surface area contributed by atoms with E-state index in [1.54, 1.807) is 23.1 Å². The van der Waals surface area contributed by atoms with Crippen molar-refractivity contribution in [2.45, 2.75) is 37.9 Å². The molecule has 158 valence electrons. The van der Waals surface area contributed by atoms with Crippen molar-refractivity contribution in [2.75, 3.05) is 31.5 Å². The van der Waals surface area contributed by atoms with Gasteiger partial charge in [-0.05, 0) is 56.3 Å². The molecule has 2 aromatic rings. The first kappa shape index (κ1) is 19.5. The number of rotatable bonds is 3. The number of anilines is 1. The number of nitrogens with one attached hydrogen (secondary N) is 2. The quantitative estimate of drug-likeness (QED) is 0.784. The number of amides is 2. The Labute approximate surface area is 180 Å². The fourth-order valence-electron chi connectivity index (χ4n) is 4.62. The molecule has 0 radical (unpaired) electrons. The fourth-order valence-corrected chi connectivity index (χ4v) is 4.80. The molecule has 1 aromatic heterocycles. The third-order valence-electron chi connectivity index (χ3n) is 6.31. The highest BCUT2D eigenvalue weighted by Crippen LogP contribution is 2.33. The average Bonchev–Trinajstić information content (AvgIpc) is 3.41. The van der Waals surface area contributed by atoms with E-state index in [-0.39, 0.29) is 11.8 Å². The van der Waals surface area contributed by atoms with Crippen molar-refractivity contribution >= 4 is 29.1 Å². The second-order valence-corrected chi connectivity index (χ2v) is 8.83. The van der Waals surface area contributed by atoms with E-state index < -0.39 is 5.66 Å². The van der Waals surface area contributed by atoms with Gasteiger partial charge in [0, 0.05) is 36.6 Å². The Balaban J connectivity index is 1.23. The molecule has 8 heteroatoms. The summed E-state index contributed by atoms with van der Waals surface area (Å²) in [5.41, 5.74) is 0.784. The zero-order valence-corrected chi connectivity index (χ0v) is 17.5. The van der Waals surface area contributed by atoms with Gasteiger partial charge in [0.15, 0.2) is 5.76 Å². The lowest BCUT2D eigenvalue weighted by molar-refractivity contribution is 0.0608. The van der Waals surface area contributed by atoms with Gasteiger partial charge in [-0.2, -0.15) is 0 Å². The van der Waals surface area contributed by atoms with Crippen LogP contribution < -0.4 is 10.6 Å². The van der Waals surface area contributed by atoms with Gasteiger partial charge in [-0.15, -0.1) is 0 Å². The van der Waals surface area contributed by atoms with Crippen molar-refractivity contribution in [3.05, 3.63) is 52.4 Å². The summed E-state index contributed by atoms with van der Waals surface area (Å²) in [4.78, 5) is 29.6. The van der Waals surface area contributed by atoms with E-state index >= 15 is 0 Å². The third kappa shape index (κ3) is 3.68. The molecular weight excluding hydrogens is 404 g/mol. The first-order chi connectivity index (χ1) is 14.5. The standard InChI is InChI=1S/C22H25ClN4O3/c23-15-3-5-18-17(13-15)20(28)25-22(24-18)7-11-27(12-8-22)21(29)19-6-4-16(30-19)14-26-9-1-2-10-26/h3-6,13,24H,1-2,7-12,14H2,(H,25,28). The van der Waals surface area contributed by atoms with Crippen molar-refractivity contribution in [3.8, 4) is 0 Å². The van der Waals surface area contributed by atoms with Gasteiger partial charge in [-0.25, -0.2) is 0 Å². The molecule has 5 rings (SSSR count). The summed E-state index contributed by atoms with van der Waals surface area (Å²) in [5, 5.41) is 7.07. The van der Waals surface area contributed by atoms with E-state index in [1.807, 2.05) is 12.1 Å². The SMILES string of the molecule is O=C1NC2(CCN(C(=O)c3ccc(CN4CCCC4)o3)CC2)Nc2ccc(Cl)cc21. The molecule has 30 heavy (non-hydrogen) atoms. The molecule has 2 N–H and O–H groups in total. The molecular formula is C22H25ClN4O3. The molecule has 2 amide bonds. The van der Waals surface area contributed by atoms with Crippen LogP contribution in [0.2, 0.25) is 5.02 Å². The number of piperidine rings is 1. The summed E-state index contributed by atoms with van der Waals surface area (Å²) in [6.07, 6.45) is 3.69. The maximum atomic E-state index is 12.9. The minimum absolute atomic E-state index is 0.0909. The van der Waals surface area contributed by atoms with Crippen LogP contribution in [0.15, 0.2) is 34.7 Å². The highest BCUT2D eigenvalue weighted by Gasteiger charge is 2.41. The molecule has 0 bridgehead atoms. The lowest BCUT2D eigenvalue weighted by Gasteiger charge is -2.45. The van der Waals surface area contributed by atoms with Crippen LogP contribution in [0.3, 0.4) is 0 Å². The number of benzene rings is 1.